The quantitative estimate of drug-likeness (QED) is 0.471. The highest BCUT2D eigenvalue weighted by atomic mass is 35.5. The second-order valence-electron chi connectivity index (χ2n) is 5.29. The van der Waals surface area contributed by atoms with Gasteiger partial charge in [-0.25, -0.2) is 4.79 Å². The van der Waals surface area contributed by atoms with Gasteiger partial charge >= 0.3 is 5.97 Å². The van der Waals surface area contributed by atoms with Crippen LogP contribution in [0.15, 0.2) is 12.1 Å². The number of ether oxygens (including phenoxy) is 2. The van der Waals surface area contributed by atoms with Gasteiger partial charge in [-0.3, -0.25) is 10.1 Å². The molecule has 0 radical (unpaired) electrons. The molecule has 0 N–H and O–H groups in total. The molecule has 0 saturated heterocycles. The van der Waals surface area contributed by atoms with E-state index in [9.17, 15) is 14.9 Å². The van der Waals surface area contributed by atoms with Crippen molar-refractivity contribution >= 4 is 34.9 Å². The average molecular weight is 336 g/mol. The predicted octanol–water partition coefficient (Wildman–Crippen LogP) is 4.01. The van der Waals surface area contributed by atoms with E-state index in [4.69, 9.17) is 32.7 Å². The fourth-order valence-corrected chi connectivity index (χ4v) is 1.94. The number of nitro groups is 1. The Kier molecular flexibility index (Phi) is 5.42. The zero-order chi connectivity index (χ0) is 16.4. The largest absolute Gasteiger partial charge is 0.476 e. The highest BCUT2D eigenvalue weighted by Gasteiger charge is 2.25. The summed E-state index contributed by atoms with van der Waals surface area (Å²) >= 11 is 11.8. The molecule has 1 rings (SSSR count). The first-order chi connectivity index (χ1) is 9.51. The van der Waals surface area contributed by atoms with Crippen LogP contribution in [0.25, 0.3) is 0 Å². The number of carbonyl (C=O) groups is 1. The van der Waals surface area contributed by atoms with Gasteiger partial charge in [-0.1, -0.05) is 23.2 Å². The lowest BCUT2D eigenvalue weighted by Crippen LogP contribution is -2.33. The van der Waals surface area contributed by atoms with Gasteiger partial charge in [0.1, 0.15) is 5.60 Å². The molecule has 0 aliphatic heterocycles. The third kappa shape index (κ3) is 5.06. The van der Waals surface area contributed by atoms with Gasteiger partial charge in [0.15, 0.2) is 11.9 Å². The van der Waals surface area contributed by atoms with Crippen LogP contribution in [0.3, 0.4) is 0 Å². The predicted molar refractivity (Wildman–Crippen MR) is 79.1 cm³/mol. The third-order valence-electron chi connectivity index (χ3n) is 2.23. The molecule has 1 unspecified atom stereocenters. The SMILES string of the molecule is CC(Oc1c(Cl)cc([N+](=O)[O-])cc1Cl)C(=O)OC(C)(C)C. The minimum absolute atomic E-state index is 0.00212. The molecule has 116 valence electrons. The van der Waals surface area contributed by atoms with E-state index in [0.717, 1.165) is 12.1 Å². The molecule has 21 heavy (non-hydrogen) atoms. The molecule has 1 aromatic rings. The fraction of sp³-hybridized carbons (Fsp3) is 0.462. The lowest BCUT2D eigenvalue weighted by molar-refractivity contribution is -0.384. The Hall–Kier alpha value is -1.53. The number of esters is 1. The molecule has 0 amide bonds. The molecular weight excluding hydrogens is 321 g/mol. The van der Waals surface area contributed by atoms with Gasteiger partial charge in [-0.2, -0.15) is 0 Å². The summed E-state index contributed by atoms with van der Waals surface area (Å²) in [6.45, 7) is 6.65. The van der Waals surface area contributed by atoms with E-state index in [0.29, 0.717) is 0 Å². The van der Waals surface area contributed by atoms with E-state index in [1.165, 1.54) is 6.92 Å². The van der Waals surface area contributed by atoms with Gasteiger partial charge in [0.2, 0.25) is 0 Å². The van der Waals surface area contributed by atoms with E-state index in [1.807, 2.05) is 0 Å². The van der Waals surface area contributed by atoms with Crippen LogP contribution in [0.5, 0.6) is 5.75 Å². The Morgan fingerprint density at radius 1 is 1.29 bits per heavy atom. The van der Waals surface area contributed by atoms with Crippen LogP contribution >= 0.6 is 23.2 Å². The first-order valence-corrected chi connectivity index (χ1v) is 6.80. The van der Waals surface area contributed by atoms with Crippen molar-refractivity contribution in [1.82, 2.24) is 0 Å². The van der Waals surface area contributed by atoms with Gasteiger partial charge in [-0.05, 0) is 27.7 Å². The molecule has 1 aromatic carbocycles. The number of nitrogens with zero attached hydrogens (tertiary/aromatic N) is 1. The Morgan fingerprint density at radius 3 is 2.14 bits per heavy atom. The van der Waals surface area contributed by atoms with Crippen LogP contribution in [0.4, 0.5) is 5.69 Å². The van der Waals surface area contributed by atoms with Crippen molar-refractivity contribution in [3.8, 4) is 5.75 Å². The van der Waals surface area contributed by atoms with Crippen LogP contribution in [-0.2, 0) is 9.53 Å². The van der Waals surface area contributed by atoms with Gasteiger partial charge in [0.05, 0.1) is 15.0 Å². The first kappa shape index (κ1) is 17.5. The van der Waals surface area contributed by atoms with E-state index < -0.39 is 22.6 Å². The van der Waals surface area contributed by atoms with Crippen molar-refractivity contribution in [2.45, 2.75) is 39.4 Å². The molecule has 0 saturated carbocycles. The van der Waals surface area contributed by atoms with Gasteiger partial charge < -0.3 is 9.47 Å². The minimum Gasteiger partial charge on any atom is -0.476 e. The van der Waals surface area contributed by atoms with Crippen molar-refractivity contribution in [3.05, 3.63) is 32.3 Å². The number of non-ortho nitro benzene ring substituents is 1. The van der Waals surface area contributed by atoms with E-state index >= 15 is 0 Å². The number of nitro benzene ring substituents is 1. The molecule has 1 atom stereocenters. The summed E-state index contributed by atoms with van der Waals surface area (Å²) in [6, 6.07) is 2.20. The molecule has 0 aliphatic rings. The van der Waals surface area contributed by atoms with Crippen LogP contribution in [-0.4, -0.2) is 22.6 Å². The van der Waals surface area contributed by atoms with Crippen molar-refractivity contribution in [2.75, 3.05) is 0 Å². The van der Waals surface area contributed by atoms with Crippen LogP contribution in [0.2, 0.25) is 10.0 Å². The maximum Gasteiger partial charge on any atom is 0.347 e. The molecule has 0 heterocycles. The monoisotopic (exact) mass is 335 g/mol. The second kappa shape index (κ2) is 6.49. The van der Waals surface area contributed by atoms with Gasteiger partial charge in [0.25, 0.3) is 5.69 Å². The molecule has 0 bridgehead atoms. The Morgan fingerprint density at radius 2 is 1.76 bits per heavy atom. The summed E-state index contributed by atoms with van der Waals surface area (Å²) in [6.07, 6.45) is -0.958. The minimum atomic E-state index is -0.958. The number of rotatable bonds is 4. The molecule has 0 aromatic heterocycles. The summed E-state index contributed by atoms with van der Waals surface area (Å²) in [5.41, 5.74) is -0.917. The van der Waals surface area contributed by atoms with Crippen LogP contribution in [0, 0.1) is 10.1 Å². The van der Waals surface area contributed by atoms with E-state index in [1.54, 1.807) is 20.8 Å². The summed E-state index contributed by atoms with van der Waals surface area (Å²) in [5, 5.41) is 10.6. The van der Waals surface area contributed by atoms with E-state index in [2.05, 4.69) is 0 Å². The third-order valence-corrected chi connectivity index (χ3v) is 2.79. The molecule has 6 nitrogen and oxygen atoms in total. The maximum atomic E-state index is 11.8. The topological polar surface area (TPSA) is 78.7 Å². The Balaban J connectivity index is 2.93. The first-order valence-electron chi connectivity index (χ1n) is 6.04. The molecule has 0 aliphatic carbocycles. The molecule has 8 heteroatoms. The summed E-state index contributed by atoms with van der Waals surface area (Å²) in [7, 11) is 0. The Bertz CT molecular complexity index is 545. The van der Waals surface area contributed by atoms with Crippen LogP contribution < -0.4 is 4.74 Å². The highest BCUT2D eigenvalue weighted by Crippen LogP contribution is 2.37. The van der Waals surface area contributed by atoms with Gasteiger partial charge in [0, 0.05) is 12.1 Å². The molecule has 0 fully saturated rings. The highest BCUT2D eigenvalue weighted by molar-refractivity contribution is 6.37. The van der Waals surface area contributed by atoms with Gasteiger partial charge in [-0.15, -0.1) is 0 Å². The van der Waals surface area contributed by atoms with E-state index in [-0.39, 0.29) is 21.5 Å². The normalized spacial score (nSPS) is 12.7. The fourth-order valence-electron chi connectivity index (χ4n) is 1.37. The lowest BCUT2D eigenvalue weighted by Gasteiger charge is -2.23. The summed E-state index contributed by atoms with van der Waals surface area (Å²) in [4.78, 5) is 21.9. The number of benzene rings is 1. The van der Waals surface area contributed by atoms with Crippen molar-refractivity contribution in [2.24, 2.45) is 0 Å². The average Bonchev–Trinajstić information content (AvgIpc) is 2.30. The molecule has 0 spiro atoms. The standard InChI is InChI=1S/C13H15Cl2NO5/c1-7(12(17)21-13(2,3)4)20-11-9(14)5-8(16(18)19)6-10(11)15/h5-7H,1-4H3. The number of halogens is 2. The second-order valence-corrected chi connectivity index (χ2v) is 6.10. The lowest BCUT2D eigenvalue weighted by atomic mass is 10.2. The van der Waals surface area contributed by atoms with Crippen molar-refractivity contribution in [1.29, 1.82) is 0 Å². The number of hydrogen-bond acceptors (Lipinski definition) is 5. The zero-order valence-electron chi connectivity index (χ0n) is 12.0. The van der Waals surface area contributed by atoms with Crippen molar-refractivity contribution in [3.63, 3.8) is 0 Å². The summed E-state index contributed by atoms with van der Waals surface area (Å²) < 4.78 is 10.5. The van der Waals surface area contributed by atoms with Crippen LogP contribution in [0.1, 0.15) is 27.7 Å². The zero-order valence-corrected chi connectivity index (χ0v) is 13.5. The smallest absolute Gasteiger partial charge is 0.347 e. The number of hydrogen-bond donors (Lipinski definition) is 0. The number of carbonyl (C=O) groups excluding carboxylic acids is 1. The summed E-state index contributed by atoms with van der Waals surface area (Å²) in [5.74, 6) is -0.588. The van der Waals surface area contributed by atoms with Crippen molar-refractivity contribution < 1.29 is 19.2 Å². The Labute approximate surface area is 132 Å². The maximum absolute atomic E-state index is 11.8. The molecular formula is C13H15Cl2NO5.